The van der Waals surface area contributed by atoms with Gasteiger partial charge in [-0.1, -0.05) is 0 Å². The molecule has 3 rings (SSSR count). The monoisotopic (exact) mass is 404 g/mol. The first-order chi connectivity index (χ1) is 13.8. The molecule has 2 aliphatic rings. The number of nitro benzene ring substituents is 1. The number of piperidine rings is 1. The number of hydrogen-bond donors (Lipinski definition) is 1. The van der Waals surface area contributed by atoms with E-state index in [2.05, 4.69) is 5.32 Å². The molecule has 1 aromatic carbocycles. The first kappa shape index (κ1) is 20.2. The van der Waals surface area contributed by atoms with E-state index < -0.39 is 35.3 Å². The molecule has 2 heterocycles. The fourth-order valence-corrected chi connectivity index (χ4v) is 3.37. The van der Waals surface area contributed by atoms with Crippen LogP contribution in [0.3, 0.4) is 0 Å². The Labute approximate surface area is 165 Å². The van der Waals surface area contributed by atoms with Crippen LogP contribution in [0.2, 0.25) is 0 Å². The predicted molar refractivity (Wildman–Crippen MR) is 98.2 cm³/mol. The number of rotatable bonds is 5. The van der Waals surface area contributed by atoms with Gasteiger partial charge in [-0.3, -0.25) is 29.4 Å². The van der Waals surface area contributed by atoms with E-state index in [0.717, 1.165) is 17.0 Å². The highest BCUT2D eigenvalue weighted by Gasteiger charge is 2.38. The largest absolute Gasteiger partial charge is 0.450 e. The molecule has 1 aromatic rings. The van der Waals surface area contributed by atoms with Crippen LogP contribution in [-0.2, 0) is 9.53 Å². The van der Waals surface area contributed by atoms with Crippen LogP contribution in [0.1, 0.15) is 40.5 Å². The number of carbonyl (C=O) groups is 4. The van der Waals surface area contributed by atoms with Crippen molar-refractivity contribution in [3.63, 3.8) is 0 Å². The van der Waals surface area contributed by atoms with Crippen molar-refractivity contribution in [3.05, 3.63) is 39.4 Å². The Morgan fingerprint density at radius 3 is 2.48 bits per heavy atom. The number of carbonyl (C=O) groups excluding carboxylic acids is 4. The number of non-ortho nitro benzene ring substituents is 1. The van der Waals surface area contributed by atoms with Gasteiger partial charge in [-0.25, -0.2) is 4.79 Å². The molecule has 11 heteroatoms. The van der Waals surface area contributed by atoms with Crippen LogP contribution in [0.4, 0.5) is 10.5 Å². The fraction of sp³-hybridized carbons (Fsp3) is 0.444. The number of amides is 4. The number of fused-ring (bicyclic) bond motifs is 1. The molecule has 154 valence electrons. The number of imide groups is 1. The van der Waals surface area contributed by atoms with Gasteiger partial charge in [0.25, 0.3) is 17.5 Å². The van der Waals surface area contributed by atoms with Crippen LogP contribution in [0.25, 0.3) is 0 Å². The lowest BCUT2D eigenvalue weighted by Crippen LogP contribution is -2.49. The number of benzene rings is 1. The lowest BCUT2D eigenvalue weighted by molar-refractivity contribution is -0.384. The molecule has 4 amide bonds. The lowest BCUT2D eigenvalue weighted by Gasteiger charge is -2.31. The van der Waals surface area contributed by atoms with Gasteiger partial charge in [0.1, 0.15) is 6.54 Å². The average Bonchev–Trinajstić information content (AvgIpc) is 2.93. The van der Waals surface area contributed by atoms with Crippen molar-refractivity contribution >= 4 is 29.5 Å². The van der Waals surface area contributed by atoms with Crippen molar-refractivity contribution in [2.45, 2.75) is 25.8 Å². The van der Waals surface area contributed by atoms with Crippen molar-refractivity contribution in [1.29, 1.82) is 0 Å². The quantitative estimate of drug-likeness (QED) is 0.437. The summed E-state index contributed by atoms with van der Waals surface area (Å²) in [6.07, 6.45) is 0.662. The first-order valence-electron chi connectivity index (χ1n) is 9.17. The molecule has 1 saturated heterocycles. The molecule has 0 atom stereocenters. The van der Waals surface area contributed by atoms with E-state index in [1.165, 1.54) is 6.07 Å². The van der Waals surface area contributed by atoms with Crippen molar-refractivity contribution in [2.24, 2.45) is 0 Å². The molecule has 2 aliphatic heterocycles. The second-order valence-corrected chi connectivity index (χ2v) is 6.71. The highest BCUT2D eigenvalue weighted by Crippen LogP contribution is 2.26. The third-order valence-electron chi connectivity index (χ3n) is 4.85. The third kappa shape index (κ3) is 4.18. The predicted octanol–water partition coefficient (Wildman–Crippen LogP) is 0.928. The molecule has 0 bridgehead atoms. The van der Waals surface area contributed by atoms with Gasteiger partial charge in [0, 0.05) is 31.3 Å². The molecule has 29 heavy (non-hydrogen) atoms. The van der Waals surface area contributed by atoms with E-state index in [1.807, 2.05) is 0 Å². The Hall–Kier alpha value is -3.50. The zero-order valence-electron chi connectivity index (χ0n) is 15.8. The second-order valence-electron chi connectivity index (χ2n) is 6.71. The van der Waals surface area contributed by atoms with E-state index in [0.29, 0.717) is 32.5 Å². The van der Waals surface area contributed by atoms with E-state index in [9.17, 15) is 29.3 Å². The Morgan fingerprint density at radius 2 is 1.86 bits per heavy atom. The zero-order valence-corrected chi connectivity index (χ0v) is 15.8. The molecule has 1 fully saturated rings. The number of ether oxygens (including phenoxy) is 1. The number of nitro groups is 1. The molecule has 0 aliphatic carbocycles. The van der Waals surface area contributed by atoms with Gasteiger partial charge < -0.3 is 15.0 Å². The molecule has 0 spiro atoms. The Kier molecular flexibility index (Phi) is 5.76. The van der Waals surface area contributed by atoms with Crippen molar-refractivity contribution in [3.8, 4) is 0 Å². The summed E-state index contributed by atoms with van der Waals surface area (Å²) in [5.74, 6) is -1.91. The highest BCUT2D eigenvalue weighted by molar-refractivity contribution is 6.22. The molecule has 0 saturated carbocycles. The van der Waals surface area contributed by atoms with Gasteiger partial charge in [0.15, 0.2) is 0 Å². The number of nitrogens with one attached hydrogen (secondary N) is 1. The summed E-state index contributed by atoms with van der Waals surface area (Å²) < 4.78 is 4.94. The minimum absolute atomic E-state index is 0.0381. The van der Waals surface area contributed by atoms with Crippen molar-refractivity contribution < 1.29 is 28.8 Å². The molecule has 11 nitrogen and oxygen atoms in total. The van der Waals surface area contributed by atoms with E-state index in [4.69, 9.17) is 4.74 Å². The summed E-state index contributed by atoms with van der Waals surface area (Å²) in [7, 11) is 0. The van der Waals surface area contributed by atoms with Crippen LogP contribution >= 0.6 is 0 Å². The third-order valence-corrected chi connectivity index (χ3v) is 4.85. The molecule has 0 radical (unpaired) electrons. The summed E-state index contributed by atoms with van der Waals surface area (Å²) in [6, 6.07) is 3.21. The highest BCUT2D eigenvalue weighted by atomic mass is 16.6. The van der Waals surface area contributed by atoms with E-state index >= 15 is 0 Å². The molecule has 0 unspecified atom stereocenters. The fourth-order valence-electron chi connectivity index (χ4n) is 3.37. The maximum Gasteiger partial charge on any atom is 0.409 e. The summed E-state index contributed by atoms with van der Waals surface area (Å²) >= 11 is 0. The topological polar surface area (TPSA) is 139 Å². The van der Waals surface area contributed by atoms with Gasteiger partial charge in [0.2, 0.25) is 5.91 Å². The molecular weight excluding hydrogens is 384 g/mol. The van der Waals surface area contributed by atoms with Gasteiger partial charge in [-0.2, -0.15) is 0 Å². The Morgan fingerprint density at radius 1 is 1.21 bits per heavy atom. The summed E-state index contributed by atoms with van der Waals surface area (Å²) in [5.41, 5.74) is -0.347. The van der Waals surface area contributed by atoms with E-state index in [-0.39, 0.29) is 22.9 Å². The lowest BCUT2D eigenvalue weighted by atomic mass is 10.1. The van der Waals surface area contributed by atoms with E-state index in [1.54, 1.807) is 11.8 Å². The average molecular weight is 404 g/mol. The Bertz CT molecular complexity index is 877. The van der Waals surface area contributed by atoms with Gasteiger partial charge in [-0.05, 0) is 25.8 Å². The van der Waals surface area contributed by atoms with Gasteiger partial charge in [0.05, 0.1) is 22.7 Å². The first-order valence-corrected chi connectivity index (χ1v) is 9.17. The molecule has 0 aromatic heterocycles. The molecule has 1 N–H and O–H groups in total. The van der Waals surface area contributed by atoms with Crippen molar-refractivity contribution in [1.82, 2.24) is 15.1 Å². The smallest absolute Gasteiger partial charge is 0.409 e. The van der Waals surface area contributed by atoms with Gasteiger partial charge >= 0.3 is 6.09 Å². The van der Waals surface area contributed by atoms with Crippen LogP contribution < -0.4 is 5.32 Å². The van der Waals surface area contributed by atoms with Crippen LogP contribution in [-0.4, -0.2) is 70.8 Å². The number of likely N-dealkylation sites (tertiary alicyclic amines) is 1. The van der Waals surface area contributed by atoms with Crippen LogP contribution in [0, 0.1) is 10.1 Å². The van der Waals surface area contributed by atoms with Crippen LogP contribution in [0.15, 0.2) is 18.2 Å². The maximum absolute atomic E-state index is 12.4. The Balaban J connectivity index is 1.56. The summed E-state index contributed by atoms with van der Waals surface area (Å²) in [5, 5.41) is 13.6. The van der Waals surface area contributed by atoms with Crippen LogP contribution in [0.5, 0.6) is 0 Å². The normalized spacial score (nSPS) is 16.6. The number of nitrogens with zero attached hydrogens (tertiary/aromatic N) is 3. The minimum atomic E-state index is -0.735. The SMILES string of the molecule is CCOC(=O)N1CCC(NC(=O)CN2C(=O)c3ccc([N+](=O)[O-])cc3C2=O)CC1. The zero-order chi connectivity index (χ0) is 21.1. The standard InChI is InChI=1S/C18H20N4O7/c1-2-29-18(26)20-7-5-11(6-8-20)19-15(23)10-21-16(24)13-4-3-12(22(27)28)9-14(13)17(21)25/h3-4,9,11H,2,5-8,10H2,1H3,(H,19,23). The second kappa shape index (κ2) is 8.25. The van der Waals surface area contributed by atoms with Crippen molar-refractivity contribution in [2.75, 3.05) is 26.2 Å². The minimum Gasteiger partial charge on any atom is -0.450 e. The summed E-state index contributed by atoms with van der Waals surface area (Å²) in [6.45, 7) is 2.40. The molecular formula is C18H20N4O7. The number of hydrogen-bond acceptors (Lipinski definition) is 7. The van der Waals surface area contributed by atoms with Gasteiger partial charge in [-0.15, -0.1) is 0 Å². The maximum atomic E-state index is 12.4. The summed E-state index contributed by atoms with van der Waals surface area (Å²) in [4.78, 5) is 61.4.